The zero-order chi connectivity index (χ0) is 20.6. The van der Waals surface area contributed by atoms with Crippen LogP contribution in [0.2, 0.25) is 0 Å². The number of nitrogens with zero attached hydrogens (tertiary/aromatic N) is 1. The lowest BCUT2D eigenvalue weighted by Crippen LogP contribution is -2.61. The highest BCUT2D eigenvalue weighted by Crippen LogP contribution is 2.64. The zero-order valence-electron chi connectivity index (χ0n) is 19.6. The number of unbranched alkanes of at least 4 members (excludes halogenated alkanes) is 4. The molecule has 4 fully saturated rings. The molecule has 0 aromatic rings. The molecule has 1 saturated heterocycles. The van der Waals surface area contributed by atoms with Gasteiger partial charge in [0.05, 0.1) is 0 Å². The Morgan fingerprint density at radius 1 is 0.931 bits per heavy atom. The third-order valence-electron chi connectivity index (χ3n) is 10.2. The van der Waals surface area contributed by atoms with Gasteiger partial charge in [-0.15, -0.1) is 0 Å². The van der Waals surface area contributed by atoms with Gasteiger partial charge in [0, 0.05) is 18.5 Å². The van der Waals surface area contributed by atoms with Crippen molar-refractivity contribution in [2.75, 3.05) is 13.6 Å². The predicted molar refractivity (Wildman–Crippen MR) is 121 cm³/mol. The maximum Gasteiger partial charge on any atom is 0.220 e. The molecule has 3 heteroatoms. The van der Waals surface area contributed by atoms with E-state index in [2.05, 4.69) is 38.0 Å². The van der Waals surface area contributed by atoms with E-state index in [0.717, 1.165) is 36.6 Å². The Morgan fingerprint density at radius 2 is 1.69 bits per heavy atom. The fourth-order valence-corrected chi connectivity index (χ4v) is 8.52. The molecule has 3 aliphatic carbocycles. The summed E-state index contributed by atoms with van der Waals surface area (Å²) < 4.78 is 0. The van der Waals surface area contributed by atoms with Gasteiger partial charge in [-0.2, -0.15) is 0 Å². The van der Waals surface area contributed by atoms with Gasteiger partial charge in [-0.1, -0.05) is 46.5 Å². The molecule has 0 radical (unpaired) electrons. The van der Waals surface area contributed by atoms with Crippen LogP contribution in [-0.2, 0) is 4.79 Å². The van der Waals surface area contributed by atoms with Gasteiger partial charge in [0.25, 0.3) is 0 Å². The van der Waals surface area contributed by atoms with Gasteiger partial charge < -0.3 is 10.2 Å². The van der Waals surface area contributed by atoms with E-state index in [0.29, 0.717) is 22.8 Å². The van der Waals surface area contributed by atoms with Crippen LogP contribution >= 0.6 is 0 Å². The zero-order valence-corrected chi connectivity index (χ0v) is 19.6. The highest BCUT2D eigenvalue weighted by molar-refractivity contribution is 5.77. The molecule has 1 heterocycles. The number of nitrogens with one attached hydrogen (secondary N) is 1. The second-order valence-corrected chi connectivity index (χ2v) is 11.6. The van der Waals surface area contributed by atoms with Crippen molar-refractivity contribution in [2.45, 2.75) is 116 Å². The Bertz CT molecular complexity index is 591. The Hall–Kier alpha value is -0.570. The van der Waals surface area contributed by atoms with E-state index < -0.39 is 0 Å². The summed E-state index contributed by atoms with van der Waals surface area (Å²) in [4.78, 5) is 14.8. The molecule has 0 spiro atoms. The Balaban J connectivity index is 1.41. The number of amides is 1. The van der Waals surface area contributed by atoms with Crippen LogP contribution in [-0.4, -0.2) is 36.5 Å². The fourth-order valence-electron chi connectivity index (χ4n) is 8.52. The molecule has 7 atom stereocenters. The molecule has 4 rings (SSSR count). The summed E-state index contributed by atoms with van der Waals surface area (Å²) in [5.74, 6) is 2.93. The molecule has 1 amide bonds. The van der Waals surface area contributed by atoms with Gasteiger partial charge in [-0.05, 0) is 93.5 Å². The first-order valence-corrected chi connectivity index (χ1v) is 12.9. The molecule has 166 valence electrons. The van der Waals surface area contributed by atoms with Gasteiger partial charge >= 0.3 is 0 Å². The first-order valence-electron chi connectivity index (χ1n) is 12.9. The van der Waals surface area contributed by atoms with Gasteiger partial charge in [-0.25, -0.2) is 0 Å². The molecule has 4 unspecified atom stereocenters. The summed E-state index contributed by atoms with van der Waals surface area (Å²) in [6.45, 7) is 8.76. The van der Waals surface area contributed by atoms with Gasteiger partial charge in [-0.3, -0.25) is 4.79 Å². The van der Waals surface area contributed by atoms with Gasteiger partial charge in [0.15, 0.2) is 0 Å². The second-order valence-electron chi connectivity index (χ2n) is 11.6. The number of hydrogen-bond acceptors (Lipinski definition) is 2. The van der Waals surface area contributed by atoms with Crippen LogP contribution < -0.4 is 5.32 Å². The van der Waals surface area contributed by atoms with Crippen LogP contribution in [0.15, 0.2) is 0 Å². The van der Waals surface area contributed by atoms with E-state index in [1.54, 1.807) is 0 Å². The number of fused-ring (bicyclic) bond motifs is 5. The van der Waals surface area contributed by atoms with Crippen LogP contribution in [0.25, 0.3) is 0 Å². The molecule has 3 nitrogen and oxygen atoms in total. The number of carbonyl (C=O) groups excluding carboxylic acids is 1. The number of carbonyl (C=O) groups is 1. The standard InChI is InChI=1S/C26H46N2O/c1-5-6-7-8-9-18-28(4)23-13-11-20-19-10-12-22-25(2,17-15-24(29)27-22)21(19)14-16-26(20,23)3/h19-23H,5-18H2,1-4H3,(H,27,29)/t19?,20?,21?,22?,23-,25+,26-/m0/s1. The lowest BCUT2D eigenvalue weighted by Gasteiger charge is -2.60. The third kappa shape index (κ3) is 3.79. The molecule has 3 saturated carbocycles. The molecule has 4 aliphatic rings. The topological polar surface area (TPSA) is 32.3 Å². The lowest BCUT2D eigenvalue weighted by atomic mass is 9.47. The van der Waals surface area contributed by atoms with Crippen molar-refractivity contribution in [1.82, 2.24) is 10.2 Å². The summed E-state index contributed by atoms with van der Waals surface area (Å²) in [7, 11) is 2.42. The minimum Gasteiger partial charge on any atom is -0.353 e. The number of piperidine rings is 1. The average molecular weight is 403 g/mol. The quantitative estimate of drug-likeness (QED) is 0.548. The number of hydrogen-bond donors (Lipinski definition) is 1. The van der Waals surface area contributed by atoms with Crippen molar-refractivity contribution >= 4 is 5.91 Å². The first kappa shape index (κ1) is 21.7. The van der Waals surface area contributed by atoms with Crippen LogP contribution in [0.1, 0.15) is 104 Å². The molecule has 0 aromatic carbocycles. The molecule has 0 bridgehead atoms. The summed E-state index contributed by atoms with van der Waals surface area (Å²) >= 11 is 0. The summed E-state index contributed by atoms with van der Waals surface area (Å²) in [6.07, 6.45) is 17.0. The van der Waals surface area contributed by atoms with Crippen molar-refractivity contribution in [3.05, 3.63) is 0 Å². The third-order valence-corrected chi connectivity index (χ3v) is 10.2. The molecule has 0 aromatic heterocycles. The van der Waals surface area contributed by atoms with Crippen molar-refractivity contribution in [3.63, 3.8) is 0 Å². The van der Waals surface area contributed by atoms with Crippen molar-refractivity contribution in [2.24, 2.45) is 28.6 Å². The second kappa shape index (κ2) is 8.52. The van der Waals surface area contributed by atoms with Gasteiger partial charge in [0.1, 0.15) is 0 Å². The lowest BCUT2D eigenvalue weighted by molar-refractivity contribution is -0.137. The highest BCUT2D eigenvalue weighted by Gasteiger charge is 2.60. The number of rotatable bonds is 7. The van der Waals surface area contributed by atoms with E-state index in [1.807, 2.05) is 0 Å². The summed E-state index contributed by atoms with van der Waals surface area (Å²) in [5.41, 5.74) is 0.863. The molecular weight excluding hydrogens is 356 g/mol. The van der Waals surface area contributed by atoms with Crippen molar-refractivity contribution < 1.29 is 4.79 Å². The molecule has 1 N–H and O–H groups in total. The first-order chi connectivity index (χ1) is 13.9. The maximum atomic E-state index is 12.0. The minimum absolute atomic E-state index is 0.299. The van der Waals surface area contributed by atoms with Crippen molar-refractivity contribution in [3.8, 4) is 0 Å². The fraction of sp³-hybridized carbons (Fsp3) is 0.962. The predicted octanol–water partition coefficient (Wildman–Crippen LogP) is 5.78. The SMILES string of the molecule is CCCCCCCN(C)[C@H]1CCC2C3CCC4NC(=O)CC[C@]4(C)C3CC[C@@]21C. The van der Waals surface area contributed by atoms with Gasteiger partial charge in [0.2, 0.25) is 5.91 Å². The summed E-state index contributed by atoms with van der Waals surface area (Å²) in [6, 6.07) is 1.23. The van der Waals surface area contributed by atoms with Crippen LogP contribution in [0.3, 0.4) is 0 Å². The maximum absolute atomic E-state index is 12.0. The van der Waals surface area contributed by atoms with Crippen LogP contribution in [0.4, 0.5) is 0 Å². The Kier molecular flexibility index (Phi) is 6.36. The monoisotopic (exact) mass is 402 g/mol. The Labute approximate surface area is 179 Å². The normalized spacial score (nSPS) is 44.2. The average Bonchev–Trinajstić information content (AvgIpc) is 3.05. The van der Waals surface area contributed by atoms with E-state index in [9.17, 15) is 4.79 Å². The molecule has 29 heavy (non-hydrogen) atoms. The highest BCUT2D eigenvalue weighted by atomic mass is 16.1. The summed E-state index contributed by atoms with van der Waals surface area (Å²) in [5, 5.41) is 3.38. The largest absolute Gasteiger partial charge is 0.353 e. The van der Waals surface area contributed by atoms with Crippen molar-refractivity contribution in [1.29, 1.82) is 0 Å². The van der Waals surface area contributed by atoms with Crippen LogP contribution in [0.5, 0.6) is 0 Å². The molecule has 1 aliphatic heterocycles. The van der Waals surface area contributed by atoms with E-state index >= 15 is 0 Å². The smallest absolute Gasteiger partial charge is 0.220 e. The van der Waals surface area contributed by atoms with E-state index in [-0.39, 0.29) is 0 Å². The van der Waals surface area contributed by atoms with E-state index in [4.69, 9.17) is 0 Å². The molecular formula is C26H46N2O. The van der Waals surface area contributed by atoms with Crippen LogP contribution in [0, 0.1) is 28.6 Å². The minimum atomic E-state index is 0.299. The Morgan fingerprint density at radius 3 is 2.48 bits per heavy atom. The van der Waals surface area contributed by atoms with E-state index in [1.165, 1.54) is 77.2 Å².